The first kappa shape index (κ1) is 30.9. The van der Waals surface area contributed by atoms with Crippen molar-refractivity contribution >= 4 is 72.4 Å². The van der Waals surface area contributed by atoms with Gasteiger partial charge in [-0.2, -0.15) is 0 Å². The second-order valence-corrected chi connectivity index (χ2v) is 19.4. The number of para-hydroxylation sites is 2. The summed E-state index contributed by atoms with van der Waals surface area (Å²) in [7, 11) is -2.67. The van der Waals surface area contributed by atoms with Crippen LogP contribution in [0, 0.1) is 11.8 Å². The third kappa shape index (κ3) is 4.63. The van der Waals surface area contributed by atoms with Gasteiger partial charge in [-0.15, -0.1) is 0 Å². The monoisotopic (exact) mass is 698 g/mol. The lowest BCUT2D eigenvalue weighted by Gasteiger charge is -2.43. The van der Waals surface area contributed by atoms with Gasteiger partial charge in [0.15, 0.2) is 8.07 Å². The summed E-state index contributed by atoms with van der Waals surface area (Å²) in [6, 6.07) is 67.2. The van der Waals surface area contributed by atoms with E-state index in [2.05, 4.69) is 185 Å². The molecule has 0 N–H and O–H groups in total. The van der Waals surface area contributed by atoms with E-state index in [4.69, 9.17) is 0 Å². The topological polar surface area (TPSA) is 9.86 Å². The minimum Gasteiger partial charge on any atom is -0.337 e. The van der Waals surface area contributed by atoms with Crippen LogP contribution < -0.4 is 20.7 Å². The predicted molar refractivity (Wildman–Crippen MR) is 227 cm³/mol. The average Bonchev–Trinajstić information content (AvgIpc) is 3.75. The number of hydrogen-bond donors (Lipinski definition) is 0. The van der Waals surface area contributed by atoms with E-state index >= 15 is 0 Å². The van der Waals surface area contributed by atoms with E-state index in [1.54, 1.807) is 0 Å². The summed E-state index contributed by atoms with van der Waals surface area (Å²) in [5, 5.41) is 10.9. The Hall–Kier alpha value is -5.64. The molecule has 0 radical (unpaired) electrons. The molecule has 2 bridgehead atoms. The SMILES string of the molecule is c1ccc([Si](c2ccccc2)(c2ccccc2)c2ccc3c(c2)c2ccccc2n3-c2ccc3c(c2)c2ccccc2n3C2CC3CCC2CC3)cc1. The van der Waals surface area contributed by atoms with E-state index in [1.807, 2.05) is 0 Å². The van der Waals surface area contributed by atoms with Crippen molar-refractivity contribution in [1.82, 2.24) is 9.13 Å². The molecule has 3 aliphatic carbocycles. The molecule has 3 heteroatoms. The Balaban J connectivity index is 1.15. The van der Waals surface area contributed by atoms with Crippen LogP contribution in [0.5, 0.6) is 0 Å². The van der Waals surface area contributed by atoms with Crippen molar-refractivity contribution in [3.8, 4) is 5.69 Å². The van der Waals surface area contributed by atoms with Gasteiger partial charge in [-0.1, -0.05) is 152 Å². The van der Waals surface area contributed by atoms with Crippen LogP contribution in [-0.2, 0) is 0 Å². The largest absolute Gasteiger partial charge is 0.337 e. The van der Waals surface area contributed by atoms with Crippen LogP contribution in [0.15, 0.2) is 176 Å². The molecule has 0 amide bonds. The molecule has 12 rings (SSSR count). The van der Waals surface area contributed by atoms with Gasteiger partial charge in [-0.05, 0) is 88.2 Å². The molecule has 3 aliphatic rings. The smallest absolute Gasteiger partial charge is 0.179 e. The van der Waals surface area contributed by atoms with E-state index in [0.29, 0.717) is 6.04 Å². The molecule has 1 atom stereocenters. The maximum absolute atomic E-state index is 2.74. The van der Waals surface area contributed by atoms with Crippen molar-refractivity contribution in [2.24, 2.45) is 11.8 Å². The second-order valence-electron chi connectivity index (χ2n) is 15.6. The van der Waals surface area contributed by atoms with Crippen LogP contribution in [0.3, 0.4) is 0 Å². The van der Waals surface area contributed by atoms with Crippen molar-refractivity contribution in [1.29, 1.82) is 0 Å². The van der Waals surface area contributed by atoms with Crippen LogP contribution in [0.1, 0.15) is 38.1 Å². The van der Waals surface area contributed by atoms with Gasteiger partial charge >= 0.3 is 0 Å². The van der Waals surface area contributed by atoms with Gasteiger partial charge in [0.1, 0.15) is 0 Å². The van der Waals surface area contributed by atoms with Crippen molar-refractivity contribution < 1.29 is 0 Å². The van der Waals surface area contributed by atoms with E-state index in [9.17, 15) is 0 Å². The molecule has 2 aromatic heterocycles. The normalized spacial score (nSPS) is 18.8. The molecule has 2 nitrogen and oxygen atoms in total. The summed E-state index contributed by atoms with van der Waals surface area (Å²) >= 11 is 0. The first-order valence-corrected chi connectivity index (χ1v) is 21.5. The first-order chi connectivity index (χ1) is 26.3. The molecule has 256 valence electrons. The van der Waals surface area contributed by atoms with Gasteiger partial charge in [0.05, 0.1) is 11.0 Å². The van der Waals surface area contributed by atoms with Gasteiger partial charge in [-0.25, -0.2) is 0 Å². The Morgan fingerprint density at radius 3 is 1.49 bits per heavy atom. The zero-order valence-corrected chi connectivity index (χ0v) is 30.9. The fourth-order valence-electron chi connectivity index (χ4n) is 10.7. The maximum Gasteiger partial charge on any atom is 0.179 e. The highest BCUT2D eigenvalue weighted by Gasteiger charge is 2.42. The number of rotatable bonds is 6. The quantitative estimate of drug-likeness (QED) is 0.121. The molecule has 0 saturated heterocycles. The molecule has 2 heterocycles. The standard InChI is InChI=1S/C50H42N2Si/c1-4-14-38(15-5-1)53(39-16-6-2-7-17-39,40-18-8-3-9-19-40)41-29-31-48-45(34-41)43-21-10-12-22-46(43)51(48)37-28-30-49-44(33-37)42-20-11-13-23-47(42)52(49)50-32-35-24-26-36(50)27-25-35/h1-23,28-31,33-36,50H,24-27,32H2. The van der Waals surface area contributed by atoms with Crippen molar-refractivity contribution in [3.05, 3.63) is 176 Å². The molecule has 3 saturated carbocycles. The summed E-state index contributed by atoms with van der Waals surface area (Å²) in [5.74, 6) is 1.68. The maximum atomic E-state index is 2.74. The molecule has 3 fully saturated rings. The van der Waals surface area contributed by atoms with Crippen molar-refractivity contribution in [2.75, 3.05) is 0 Å². The van der Waals surface area contributed by atoms with Gasteiger partial charge in [0.25, 0.3) is 0 Å². The molecular weight excluding hydrogens is 657 g/mol. The molecule has 9 aromatic rings. The highest BCUT2D eigenvalue weighted by Crippen LogP contribution is 2.50. The minimum absolute atomic E-state index is 0.602. The lowest BCUT2D eigenvalue weighted by atomic mass is 9.68. The van der Waals surface area contributed by atoms with Gasteiger partial charge in [0, 0.05) is 44.3 Å². The van der Waals surface area contributed by atoms with Crippen LogP contribution in [-0.4, -0.2) is 17.2 Å². The van der Waals surface area contributed by atoms with Gasteiger partial charge in [0.2, 0.25) is 0 Å². The zero-order chi connectivity index (χ0) is 34.9. The Labute approximate surface area is 312 Å². The number of nitrogens with zero attached hydrogens (tertiary/aromatic N) is 2. The molecule has 0 aliphatic heterocycles. The molecule has 1 unspecified atom stereocenters. The lowest BCUT2D eigenvalue weighted by Crippen LogP contribution is -2.74. The Bertz CT molecular complexity index is 2670. The van der Waals surface area contributed by atoms with Gasteiger partial charge in [-0.3, -0.25) is 0 Å². The molecule has 0 spiro atoms. The zero-order valence-electron chi connectivity index (χ0n) is 29.9. The van der Waals surface area contributed by atoms with Crippen molar-refractivity contribution in [3.63, 3.8) is 0 Å². The minimum atomic E-state index is -2.67. The van der Waals surface area contributed by atoms with E-state index in [0.717, 1.165) is 11.8 Å². The van der Waals surface area contributed by atoms with Crippen LogP contribution in [0.4, 0.5) is 0 Å². The fourth-order valence-corrected chi connectivity index (χ4v) is 15.5. The molecular formula is C50H42N2Si. The number of benzene rings is 7. The fraction of sp³-hybridized carbons (Fsp3) is 0.160. The third-order valence-electron chi connectivity index (χ3n) is 13.0. The average molecular weight is 699 g/mol. The van der Waals surface area contributed by atoms with Crippen LogP contribution >= 0.6 is 0 Å². The summed E-state index contributed by atoms with van der Waals surface area (Å²) < 4.78 is 5.25. The Morgan fingerprint density at radius 1 is 0.396 bits per heavy atom. The van der Waals surface area contributed by atoms with Crippen molar-refractivity contribution in [2.45, 2.75) is 38.1 Å². The second kappa shape index (κ2) is 12.2. The van der Waals surface area contributed by atoms with E-state index in [-0.39, 0.29) is 0 Å². The number of aromatic nitrogens is 2. The summed E-state index contributed by atoms with van der Waals surface area (Å²) in [6.45, 7) is 0. The van der Waals surface area contributed by atoms with Crippen LogP contribution in [0.2, 0.25) is 0 Å². The molecule has 7 aromatic carbocycles. The van der Waals surface area contributed by atoms with E-state index in [1.165, 1.54) is 102 Å². The third-order valence-corrected chi connectivity index (χ3v) is 17.8. The number of fused-ring (bicyclic) bond motifs is 9. The Kier molecular flexibility index (Phi) is 7.13. The summed E-state index contributed by atoms with van der Waals surface area (Å²) in [6.07, 6.45) is 6.93. The van der Waals surface area contributed by atoms with Gasteiger partial charge < -0.3 is 9.13 Å². The molecule has 53 heavy (non-hydrogen) atoms. The highest BCUT2D eigenvalue weighted by molar-refractivity contribution is 7.20. The Morgan fingerprint density at radius 2 is 0.887 bits per heavy atom. The lowest BCUT2D eigenvalue weighted by molar-refractivity contribution is 0.110. The summed E-state index contributed by atoms with van der Waals surface area (Å²) in [5.41, 5.74) is 6.51. The summed E-state index contributed by atoms with van der Waals surface area (Å²) in [4.78, 5) is 0. The van der Waals surface area contributed by atoms with Crippen LogP contribution in [0.25, 0.3) is 49.3 Å². The number of hydrogen-bond acceptors (Lipinski definition) is 0. The van der Waals surface area contributed by atoms with E-state index < -0.39 is 8.07 Å². The first-order valence-electron chi connectivity index (χ1n) is 19.5. The highest BCUT2D eigenvalue weighted by atomic mass is 28.3. The predicted octanol–water partition coefficient (Wildman–Crippen LogP) is 10.0.